The van der Waals surface area contributed by atoms with E-state index >= 15 is 0 Å². The van der Waals surface area contributed by atoms with Crippen molar-refractivity contribution in [2.24, 2.45) is 5.92 Å². The maximum atomic E-state index is 3.44. The highest BCUT2D eigenvalue weighted by Gasteiger charge is 2.20. The molecule has 1 heteroatoms. The van der Waals surface area contributed by atoms with Gasteiger partial charge in [-0.2, -0.15) is 0 Å². The Balaban J connectivity index is 1.58. The lowest BCUT2D eigenvalue weighted by Gasteiger charge is -2.23. The van der Waals surface area contributed by atoms with Crippen LogP contribution in [0.1, 0.15) is 49.1 Å². The lowest BCUT2D eigenvalue weighted by molar-refractivity contribution is 0.460. The Morgan fingerprint density at radius 1 is 0.941 bits per heavy atom. The Morgan fingerprint density at radius 2 is 1.65 bits per heavy atom. The highest BCUT2D eigenvalue weighted by Crippen LogP contribution is 2.33. The molecule has 1 nitrogen and oxygen atoms in total. The second kappa shape index (κ2) is 5.22. The minimum atomic E-state index is 0.800. The summed E-state index contributed by atoms with van der Waals surface area (Å²) in [6, 6.07) is 9.47. The summed E-state index contributed by atoms with van der Waals surface area (Å²) in [4.78, 5) is 0. The standard InChI is InChI=1S/C16H23N/c1-2-13(1)3-4-14-5-7-15(8-6-14)16-9-11-17-12-10-16/h5-8,13,16-17H,1-4,9-12H2. The van der Waals surface area contributed by atoms with Gasteiger partial charge in [0.15, 0.2) is 0 Å². The fraction of sp³-hybridized carbons (Fsp3) is 0.625. The van der Waals surface area contributed by atoms with Crippen molar-refractivity contribution >= 4 is 0 Å². The van der Waals surface area contributed by atoms with Gasteiger partial charge in [-0.3, -0.25) is 0 Å². The van der Waals surface area contributed by atoms with Gasteiger partial charge in [0.05, 0.1) is 0 Å². The second-order valence-corrected chi connectivity index (χ2v) is 5.75. The van der Waals surface area contributed by atoms with Crippen LogP contribution in [0.15, 0.2) is 24.3 Å². The van der Waals surface area contributed by atoms with Gasteiger partial charge >= 0.3 is 0 Å². The van der Waals surface area contributed by atoms with Crippen LogP contribution in [0.5, 0.6) is 0 Å². The summed E-state index contributed by atoms with van der Waals surface area (Å²) in [7, 11) is 0. The first-order valence-corrected chi connectivity index (χ1v) is 7.21. The molecular weight excluding hydrogens is 206 g/mol. The van der Waals surface area contributed by atoms with E-state index in [9.17, 15) is 0 Å². The molecule has 1 aliphatic heterocycles. The summed E-state index contributed by atoms with van der Waals surface area (Å²) < 4.78 is 0. The highest BCUT2D eigenvalue weighted by molar-refractivity contribution is 5.26. The summed E-state index contributed by atoms with van der Waals surface area (Å²) in [5.74, 6) is 1.85. The molecule has 2 fully saturated rings. The molecule has 1 saturated heterocycles. The van der Waals surface area contributed by atoms with Crippen molar-refractivity contribution in [2.45, 2.75) is 44.4 Å². The van der Waals surface area contributed by atoms with Crippen LogP contribution in [-0.2, 0) is 6.42 Å². The van der Waals surface area contributed by atoms with Crippen LogP contribution < -0.4 is 5.32 Å². The van der Waals surface area contributed by atoms with Gasteiger partial charge in [-0.1, -0.05) is 37.1 Å². The molecule has 2 aliphatic rings. The Bertz CT molecular complexity index is 344. The number of hydrogen-bond acceptors (Lipinski definition) is 1. The van der Waals surface area contributed by atoms with Crippen molar-refractivity contribution in [2.75, 3.05) is 13.1 Å². The minimum absolute atomic E-state index is 0.800. The van der Waals surface area contributed by atoms with Crippen LogP contribution in [0.4, 0.5) is 0 Å². The number of aryl methyl sites for hydroxylation is 1. The molecule has 0 spiro atoms. The summed E-state index contributed by atoms with van der Waals surface area (Å²) in [5, 5.41) is 3.44. The van der Waals surface area contributed by atoms with Crippen LogP contribution in [0.25, 0.3) is 0 Å². The number of benzene rings is 1. The average Bonchev–Trinajstić information content (AvgIpc) is 3.22. The smallest absolute Gasteiger partial charge is 0.00431 e. The average molecular weight is 229 g/mol. The van der Waals surface area contributed by atoms with Crippen molar-refractivity contribution in [3.05, 3.63) is 35.4 Å². The van der Waals surface area contributed by atoms with Crippen LogP contribution in [0, 0.1) is 5.92 Å². The summed E-state index contributed by atoms with van der Waals surface area (Å²) in [6.07, 6.45) is 8.27. The van der Waals surface area contributed by atoms with Crippen molar-refractivity contribution in [1.29, 1.82) is 0 Å². The molecule has 1 N–H and O–H groups in total. The quantitative estimate of drug-likeness (QED) is 0.833. The molecule has 0 bridgehead atoms. The predicted octanol–water partition coefficient (Wildman–Crippen LogP) is 3.50. The number of hydrogen-bond donors (Lipinski definition) is 1. The predicted molar refractivity (Wildman–Crippen MR) is 72.3 cm³/mol. The molecule has 1 aromatic carbocycles. The van der Waals surface area contributed by atoms with E-state index in [1.165, 1.54) is 57.2 Å². The summed E-state index contributed by atoms with van der Waals surface area (Å²) >= 11 is 0. The van der Waals surface area contributed by atoms with Gasteiger partial charge < -0.3 is 5.32 Å². The van der Waals surface area contributed by atoms with Crippen LogP contribution in [-0.4, -0.2) is 13.1 Å². The van der Waals surface area contributed by atoms with Gasteiger partial charge in [0.1, 0.15) is 0 Å². The van der Waals surface area contributed by atoms with E-state index in [0.29, 0.717) is 0 Å². The van der Waals surface area contributed by atoms with Gasteiger partial charge in [0.25, 0.3) is 0 Å². The van der Waals surface area contributed by atoms with E-state index in [1.807, 2.05) is 0 Å². The van der Waals surface area contributed by atoms with E-state index in [1.54, 1.807) is 5.56 Å². The molecule has 0 aromatic heterocycles. The molecule has 1 heterocycles. The maximum Gasteiger partial charge on any atom is -0.00431 e. The van der Waals surface area contributed by atoms with Crippen LogP contribution in [0.2, 0.25) is 0 Å². The first-order chi connectivity index (χ1) is 8.42. The van der Waals surface area contributed by atoms with Crippen molar-refractivity contribution in [3.63, 3.8) is 0 Å². The molecule has 0 unspecified atom stereocenters. The minimum Gasteiger partial charge on any atom is -0.317 e. The van der Waals surface area contributed by atoms with E-state index in [2.05, 4.69) is 29.6 Å². The normalized spacial score (nSPS) is 21.6. The zero-order valence-corrected chi connectivity index (χ0v) is 10.6. The molecular formula is C16H23N. The van der Waals surface area contributed by atoms with E-state index < -0.39 is 0 Å². The third-order valence-corrected chi connectivity index (χ3v) is 4.33. The van der Waals surface area contributed by atoms with Crippen molar-refractivity contribution in [1.82, 2.24) is 5.32 Å². The first kappa shape index (κ1) is 11.3. The Hall–Kier alpha value is -0.820. The Kier molecular flexibility index (Phi) is 3.46. The molecule has 0 radical (unpaired) electrons. The molecule has 1 saturated carbocycles. The fourth-order valence-corrected chi connectivity index (χ4v) is 2.89. The summed E-state index contributed by atoms with van der Waals surface area (Å²) in [6.45, 7) is 2.38. The molecule has 1 aromatic rings. The Morgan fingerprint density at radius 3 is 2.29 bits per heavy atom. The topological polar surface area (TPSA) is 12.0 Å². The van der Waals surface area contributed by atoms with E-state index in [0.717, 1.165) is 11.8 Å². The highest BCUT2D eigenvalue weighted by atomic mass is 14.9. The molecule has 0 amide bonds. The van der Waals surface area contributed by atoms with Gasteiger partial charge in [0, 0.05) is 0 Å². The van der Waals surface area contributed by atoms with Crippen LogP contribution in [0.3, 0.4) is 0 Å². The number of piperidine rings is 1. The van der Waals surface area contributed by atoms with Crippen LogP contribution >= 0.6 is 0 Å². The molecule has 1 aliphatic carbocycles. The zero-order chi connectivity index (χ0) is 11.5. The second-order valence-electron chi connectivity index (χ2n) is 5.75. The van der Waals surface area contributed by atoms with Gasteiger partial charge in [0.2, 0.25) is 0 Å². The van der Waals surface area contributed by atoms with Crippen molar-refractivity contribution in [3.8, 4) is 0 Å². The van der Waals surface area contributed by atoms with E-state index in [-0.39, 0.29) is 0 Å². The van der Waals surface area contributed by atoms with Gasteiger partial charge in [-0.25, -0.2) is 0 Å². The molecule has 92 valence electrons. The lowest BCUT2D eigenvalue weighted by Crippen LogP contribution is -2.26. The Labute approximate surface area is 105 Å². The molecule has 3 rings (SSSR count). The van der Waals surface area contributed by atoms with Gasteiger partial charge in [-0.05, 0) is 61.7 Å². The molecule has 17 heavy (non-hydrogen) atoms. The monoisotopic (exact) mass is 229 g/mol. The lowest BCUT2D eigenvalue weighted by atomic mass is 9.89. The zero-order valence-electron chi connectivity index (χ0n) is 10.6. The first-order valence-electron chi connectivity index (χ1n) is 7.21. The summed E-state index contributed by atoms with van der Waals surface area (Å²) in [5.41, 5.74) is 3.09. The molecule has 0 atom stereocenters. The third kappa shape index (κ3) is 3.10. The maximum absolute atomic E-state index is 3.44. The van der Waals surface area contributed by atoms with Crippen molar-refractivity contribution < 1.29 is 0 Å². The third-order valence-electron chi connectivity index (χ3n) is 4.33. The van der Waals surface area contributed by atoms with Gasteiger partial charge in [-0.15, -0.1) is 0 Å². The number of nitrogens with one attached hydrogen (secondary N) is 1. The van der Waals surface area contributed by atoms with E-state index in [4.69, 9.17) is 0 Å². The largest absolute Gasteiger partial charge is 0.317 e. The number of rotatable bonds is 4. The SMILES string of the molecule is c1cc(C2CCNCC2)ccc1CCC1CC1. The fourth-order valence-electron chi connectivity index (χ4n) is 2.89.